The van der Waals surface area contributed by atoms with Gasteiger partial charge in [-0.2, -0.15) is 0 Å². The fraction of sp³-hybridized carbons (Fsp3) is 0.364. The Bertz CT molecular complexity index is 340. The van der Waals surface area contributed by atoms with Gasteiger partial charge in [-0.05, 0) is 31.2 Å². The standard InChI is InChI=1S/C11H15NO3S/c1-8(12-11(13)14)6-7-15-9-2-4-10(16)5-3-9/h2-5,8,12,16H,6-7H2,1H3,(H,13,14). The second kappa shape index (κ2) is 6.27. The lowest BCUT2D eigenvalue weighted by Crippen LogP contribution is -2.32. The van der Waals surface area contributed by atoms with Crippen LogP contribution in [-0.2, 0) is 0 Å². The lowest BCUT2D eigenvalue weighted by molar-refractivity contribution is 0.188. The van der Waals surface area contributed by atoms with Crippen LogP contribution in [0.5, 0.6) is 5.75 Å². The highest BCUT2D eigenvalue weighted by Gasteiger charge is 2.04. The second-order valence-electron chi connectivity index (χ2n) is 3.48. The predicted molar refractivity (Wildman–Crippen MR) is 64.4 cm³/mol. The zero-order valence-corrected chi connectivity index (χ0v) is 9.91. The third-order valence-corrected chi connectivity index (χ3v) is 2.32. The van der Waals surface area contributed by atoms with Crippen molar-refractivity contribution in [2.45, 2.75) is 24.3 Å². The van der Waals surface area contributed by atoms with Crippen LogP contribution >= 0.6 is 12.6 Å². The molecular weight excluding hydrogens is 226 g/mol. The van der Waals surface area contributed by atoms with Gasteiger partial charge in [0.15, 0.2) is 0 Å². The fourth-order valence-corrected chi connectivity index (χ4v) is 1.33. The molecule has 0 fully saturated rings. The number of thiol groups is 1. The van der Waals surface area contributed by atoms with Gasteiger partial charge in [-0.1, -0.05) is 0 Å². The highest BCUT2D eigenvalue weighted by Crippen LogP contribution is 2.14. The van der Waals surface area contributed by atoms with E-state index in [1.54, 1.807) is 6.92 Å². The smallest absolute Gasteiger partial charge is 0.404 e. The summed E-state index contributed by atoms with van der Waals surface area (Å²) in [6, 6.07) is 7.24. The molecule has 0 spiro atoms. The predicted octanol–water partition coefficient (Wildman–Crippen LogP) is 2.40. The Morgan fingerprint density at radius 3 is 2.69 bits per heavy atom. The van der Waals surface area contributed by atoms with E-state index in [2.05, 4.69) is 17.9 Å². The van der Waals surface area contributed by atoms with Crippen LogP contribution in [-0.4, -0.2) is 23.8 Å². The van der Waals surface area contributed by atoms with Gasteiger partial charge >= 0.3 is 6.09 Å². The summed E-state index contributed by atoms with van der Waals surface area (Å²) in [6.07, 6.45) is -0.374. The van der Waals surface area contributed by atoms with E-state index in [1.807, 2.05) is 24.3 Å². The molecule has 0 heterocycles. The minimum Gasteiger partial charge on any atom is -0.494 e. The van der Waals surface area contributed by atoms with Gasteiger partial charge in [0.05, 0.1) is 6.61 Å². The van der Waals surface area contributed by atoms with E-state index in [4.69, 9.17) is 9.84 Å². The minimum absolute atomic E-state index is 0.110. The highest BCUT2D eigenvalue weighted by atomic mass is 32.1. The first-order chi connectivity index (χ1) is 7.58. The summed E-state index contributed by atoms with van der Waals surface area (Å²) in [4.78, 5) is 11.2. The number of hydrogen-bond acceptors (Lipinski definition) is 3. The first-order valence-electron chi connectivity index (χ1n) is 4.99. The van der Waals surface area contributed by atoms with Gasteiger partial charge < -0.3 is 15.2 Å². The number of nitrogens with one attached hydrogen (secondary N) is 1. The van der Waals surface area contributed by atoms with E-state index < -0.39 is 6.09 Å². The monoisotopic (exact) mass is 241 g/mol. The molecule has 5 heteroatoms. The quantitative estimate of drug-likeness (QED) is 0.694. The molecule has 1 amide bonds. The van der Waals surface area contributed by atoms with Gasteiger partial charge in [0.25, 0.3) is 0 Å². The first-order valence-corrected chi connectivity index (χ1v) is 5.44. The molecular formula is C11H15NO3S. The molecule has 0 aliphatic rings. The summed E-state index contributed by atoms with van der Waals surface area (Å²) in [5.41, 5.74) is 0. The largest absolute Gasteiger partial charge is 0.494 e. The molecule has 0 aliphatic carbocycles. The Kier molecular flexibility index (Phi) is 4.98. The SMILES string of the molecule is CC(CCOc1ccc(S)cc1)NC(=O)O. The van der Waals surface area contributed by atoms with Crippen molar-refractivity contribution in [1.82, 2.24) is 5.32 Å². The molecule has 0 aliphatic heterocycles. The molecule has 0 saturated heterocycles. The van der Waals surface area contributed by atoms with E-state index in [0.29, 0.717) is 13.0 Å². The molecule has 1 aromatic carbocycles. The summed E-state index contributed by atoms with van der Waals surface area (Å²) in [5.74, 6) is 0.764. The van der Waals surface area contributed by atoms with Crippen molar-refractivity contribution >= 4 is 18.7 Å². The maximum absolute atomic E-state index is 10.3. The lowest BCUT2D eigenvalue weighted by Gasteiger charge is -2.12. The summed E-state index contributed by atoms with van der Waals surface area (Å²) >= 11 is 4.16. The van der Waals surface area contributed by atoms with Crippen molar-refractivity contribution in [2.75, 3.05) is 6.61 Å². The molecule has 0 aromatic heterocycles. The first kappa shape index (κ1) is 12.7. The molecule has 1 unspecified atom stereocenters. The van der Waals surface area contributed by atoms with Crippen LogP contribution in [0.15, 0.2) is 29.2 Å². The van der Waals surface area contributed by atoms with E-state index in [-0.39, 0.29) is 6.04 Å². The van der Waals surface area contributed by atoms with E-state index in [1.165, 1.54) is 0 Å². The topological polar surface area (TPSA) is 58.6 Å². The van der Waals surface area contributed by atoms with Crippen molar-refractivity contribution in [3.05, 3.63) is 24.3 Å². The molecule has 1 rings (SSSR count). The Morgan fingerprint density at radius 1 is 1.50 bits per heavy atom. The summed E-state index contributed by atoms with van der Waals surface area (Å²) in [7, 11) is 0. The molecule has 0 bridgehead atoms. The van der Waals surface area contributed by atoms with Gasteiger partial charge in [-0.25, -0.2) is 4.79 Å². The zero-order valence-electron chi connectivity index (χ0n) is 9.01. The van der Waals surface area contributed by atoms with Crippen LogP contribution in [0.2, 0.25) is 0 Å². The summed E-state index contributed by atoms with van der Waals surface area (Å²) in [5, 5.41) is 10.8. The molecule has 0 saturated carbocycles. The Balaban J connectivity index is 2.25. The molecule has 4 nitrogen and oxygen atoms in total. The van der Waals surface area contributed by atoms with Crippen molar-refractivity contribution in [2.24, 2.45) is 0 Å². The second-order valence-corrected chi connectivity index (χ2v) is 4.00. The van der Waals surface area contributed by atoms with Crippen LogP contribution in [0, 0.1) is 0 Å². The van der Waals surface area contributed by atoms with Crippen LogP contribution in [0.25, 0.3) is 0 Å². The van der Waals surface area contributed by atoms with Crippen molar-refractivity contribution in [3.8, 4) is 5.75 Å². The van der Waals surface area contributed by atoms with E-state index in [9.17, 15) is 4.79 Å². The van der Waals surface area contributed by atoms with Crippen LogP contribution < -0.4 is 10.1 Å². The van der Waals surface area contributed by atoms with Gasteiger partial charge in [-0.15, -0.1) is 12.6 Å². The fourth-order valence-electron chi connectivity index (χ4n) is 1.18. The van der Waals surface area contributed by atoms with E-state index >= 15 is 0 Å². The highest BCUT2D eigenvalue weighted by molar-refractivity contribution is 7.80. The number of ether oxygens (including phenoxy) is 1. The Morgan fingerprint density at radius 2 is 2.12 bits per heavy atom. The van der Waals surface area contributed by atoms with Crippen molar-refractivity contribution in [1.29, 1.82) is 0 Å². The molecule has 0 radical (unpaired) electrons. The van der Waals surface area contributed by atoms with Gasteiger partial charge in [-0.3, -0.25) is 0 Å². The normalized spacial score (nSPS) is 11.9. The molecule has 16 heavy (non-hydrogen) atoms. The van der Waals surface area contributed by atoms with Gasteiger partial charge in [0.1, 0.15) is 5.75 Å². The van der Waals surface area contributed by atoms with Crippen LogP contribution in [0.1, 0.15) is 13.3 Å². The van der Waals surface area contributed by atoms with Crippen LogP contribution in [0.4, 0.5) is 4.79 Å². The Hall–Kier alpha value is -1.36. The van der Waals surface area contributed by atoms with E-state index in [0.717, 1.165) is 10.6 Å². The number of carboxylic acid groups (broad SMARTS) is 1. The zero-order chi connectivity index (χ0) is 12.0. The van der Waals surface area contributed by atoms with Crippen molar-refractivity contribution < 1.29 is 14.6 Å². The number of hydrogen-bond donors (Lipinski definition) is 3. The Labute approximate surface area is 100 Å². The molecule has 1 atom stereocenters. The minimum atomic E-state index is -1.01. The average Bonchev–Trinajstić information content (AvgIpc) is 2.20. The third-order valence-electron chi connectivity index (χ3n) is 2.03. The number of rotatable bonds is 5. The van der Waals surface area contributed by atoms with Gasteiger partial charge in [0, 0.05) is 17.4 Å². The maximum Gasteiger partial charge on any atom is 0.404 e. The molecule has 1 aromatic rings. The van der Waals surface area contributed by atoms with Crippen molar-refractivity contribution in [3.63, 3.8) is 0 Å². The lowest BCUT2D eigenvalue weighted by atomic mass is 10.2. The average molecular weight is 241 g/mol. The molecule has 2 N–H and O–H groups in total. The van der Waals surface area contributed by atoms with Crippen LogP contribution in [0.3, 0.4) is 0 Å². The number of amides is 1. The summed E-state index contributed by atoms with van der Waals surface area (Å²) < 4.78 is 5.45. The third kappa shape index (κ3) is 4.93. The maximum atomic E-state index is 10.3. The summed E-state index contributed by atoms with van der Waals surface area (Å²) in [6.45, 7) is 2.28. The molecule has 88 valence electrons. The van der Waals surface area contributed by atoms with Gasteiger partial charge in [0.2, 0.25) is 0 Å². The number of benzene rings is 1. The number of carbonyl (C=O) groups is 1.